The van der Waals surface area contributed by atoms with Gasteiger partial charge in [0.1, 0.15) is 17.7 Å². The van der Waals surface area contributed by atoms with Gasteiger partial charge in [-0.15, -0.1) is 0 Å². The summed E-state index contributed by atoms with van der Waals surface area (Å²) in [4.78, 5) is 16.7. The Bertz CT molecular complexity index is 1040. The number of rotatable bonds is 4. The average Bonchev–Trinajstić information content (AvgIpc) is 3.00. The largest absolute Gasteiger partial charge is 0.489 e. The van der Waals surface area contributed by atoms with E-state index in [0.717, 1.165) is 11.1 Å². The van der Waals surface area contributed by atoms with Crippen molar-refractivity contribution >= 4 is 17.5 Å². The highest BCUT2D eigenvalue weighted by Crippen LogP contribution is 2.58. The van der Waals surface area contributed by atoms with E-state index in [1.807, 2.05) is 0 Å². The average molecular weight is 386 g/mol. The normalized spacial score (nSPS) is 21.9. The van der Waals surface area contributed by atoms with Gasteiger partial charge in [0.05, 0.1) is 12.5 Å². The van der Waals surface area contributed by atoms with Crippen molar-refractivity contribution in [1.82, 2.24) is 15.5 Å². The number of halogens is 2. The minimum absolute atomic E-state index is 0.0944. The molecule has 0 bridgehead atoms. The monoisotopic (exact) mass is 385 g/mol. The van der Waals surface area contributed by atoms with Gasteiger partial charge in [-0.1, -0.05) is 16.8 Å². The highest BCUT2D eigenvalue weighted by Gasteiger charge is 2.62. The van der Waals surface area contributed by atoms with Gasteiger partial charge in [-0.25, -0.2) is 4.39 Å². The van der Waals surface area contributed by atoms with E-state index in [-0.39, 0.29) is 36.2 Å². The highest BCUT2D eigenvalue weighted by atomic mass is 35.5. The Balaban J connectivity index is 1.22. The summed E-state index contributed by atoms with van der Waals surface area (Å²) >= 11 is 5.86. The standard InChI is InChI=1S/C19H13ClFN3O3/c20-10-3-1-9(2-4-10)18-23-14(27-24-18)8-22-19(25)16-15-12-7-11(21)5-6-13(12)26-17(15)16/h1-7,15-17H,8H2,(H,22,25). The fourth-order valence-corrected chi connectivity index (χ4v) is 3.60. The number of nitrogens with zero attached hydrogens (tertiary/aromatic N) is 2. The van der Waals surface area contributed by atoms with Crippen LogP contribution in [0, 0.1) is 11.7 Å². The lowest BCUT2D eigenvalue weighted by Crippen LogP contribution is -2.27. The maximum Gasteiger partial charge on any atom is 0.246 e. The van der Waals surface area contributed by atoms with Crippen LogP contribution in [0.25, 0.3) is 11.4 Å². The molecular formula is C19H13ClFN3O3. The molecule has 2 aliphatic rings. The van der Waals surface area contributed by atoms with E-state index >= 15 is 0 Å². The quantitative estimate of drug-likeness (QED) is 0.745. The first-order valence-electron chi connectivity index (χ1n) is 8.42. The summed E-state index contributed by atoms with van der Waals surface area (Å²) in [5, 5.41) is 7.30. The second-order valence-electron chi connectivity index (χ2n) is 6.55. The SMILES string of the molecule is O=C(NCc1nc(-c2ccc(Cl)cc2)no1)C1C2Oc3ccc(F)cc3C21. The molecule has 3 aromatic rings. The zero-order valence-corrected chi connectivity index (χ0v) is 14.6. The molecule has 3 unspecified atom stereocenters. The molecule has 136 valence electrons. The van der Waals surface area contributed by atoms with E-state index in [0.29, 0.717) is 22.5 Å². The van der Waals surface area contributed by atoms with Gasteiger partial charge < -0.3 is 14.6 Å². The van der Waals surface area contributed by atoms with Gasteiger partial charge in [0.25, 0.3) is 0 Å². The lowest BCUT2D eigenvalue weighted by Gasteiger charge is -2.08. The summed E-state index contributed by atoms with van der Waals surface area (Å²) < 4.78 is 24.3. The topological polar surface area (TPSA) is 77.3 Å². The van der Waals surface area contributed by atoms with E-state index in [1.165, 1.54) is 12.1 Å². The number of benzene rings is 2. The van der Waals surface area contributed by atoms with Gasteiger partial charge in [0.2, 0.25) is 17.6 Å². The Morgan fingerprint density at radius 3 is 2.85 bits per heavy atom. The van der Waals surface area contributed by atoms with Crippen LogP contribution in [0.2, 0.25) is 5.02 Å². The Kier molecular flexibility index (Phi) is 3.65. The first-order chi connectivity index (χ1) is 13.1. The van der Waals surface area contributed by atoms with E-state index in [1.54, 1.807) is 30.3 Å². The Morgan fingerprint density at radius 2 is 2.04 bits per heavy atom. The molecule has 0 radical (unpaired) electrons. The third-order valence-corrected chi connectivity index (χ3v) is 5.09. The van der Waals surface area contributed by atoms with Crippen molar-refractivity contribution in [2.24, 2.45) is 5.92 Å². The van der Waals surface area contributed by atoms with Crippen LogP contribution in [0.15, 0.2) is 47.0 Å². The molecule has 3 atom stereocenters. The third kappa shape index (κ3) is 2.84. The van der Waals surface area contributed by atoms with Crippen LogP contribution >= 0.6 is 11.6 Å². The van der Waals surface area contributed by atoms with E-state index < -0.39 is 0 Å². The molecule has 1 N–H and O–H groups in total. The lowest BCUT2D eigenvalue weighted by molar-refractivity contribution is -0.123. The van der Waals surface area contributed by atoms with Crippen molar-refractivity contribution in [3.05, 3.63) is 64.8 Å². The molecule has 1 amide bonds. The number of hydrogen-bond donors (Lipinski definition) is 1. The maximum atomic E-state index is 13.4. The second-order valence-corrected chi connectivity index (χ2v) is 6.99. The van der Waals surface area contributed by atoms with Gasteiger partial charge in [-0.05, 0) is 42.5 Å². The molecule has 2 heterocycles. The number of carbonyl (C=O) groups is 1. The zero-order chi connectivity index (χ0) is 18.5. The second kappa shape index (κ2) is 6.06. The van der Waals surface area contributed by atoms with Gasteiger partial charge in [-0.2, -0.15) is 4.98 Å². The van der Waals surface area contributed by atoms with Crippen molar-refractivity contribution in [3.63, 3.8) is 0 Å². The van der Waals surface area contributed by atoms with Crippen LogP contribution in [-0.2, 0) is 11.3 Å². The van der Waals surface area contributed by atoms with Crippen molar-refractivity contribution in [2.45, 2.75) is 18.6 Å². The van der Waals surface area contributed by atoms with Crippen molar-refractivity contribution in [1.29, 1.82) is 0 Å². The van der Waals surface area contributed by atoms with E-state index in [2.05, 4.69) is 15.5 Å². The zero-order valence-electron chi connectivity index (χ0n) is 13.9. The molecule has 5 rings (SSSR count). The van der Waals surface area contributed by atoms with E-state index in [9.17, 15) is 9.18 Å². The number of fused-ring (bicyclic) bond motifs is 3. The molecule has 2 aromatic carbocycles. The Morgan fingerprint density at radius 1 is 1.22 bits per heavy atom. The van der Waals surface area contributed by atoms with Crippen LogP contribution in [0.5, 0.6) is 5.75 Å². The van der Waals surface area contributed by atoms with Gasteiger partial charge in [0.15, 0.2) is 0 Å². The summed E-state index contributed by atoms with van der Waals surface area (Å²) in [5.74, 6) is 0.454. The molecule has 6 nitrogen and oxygen atoms in total. The van der Waals surface area contributed by atoms with Gasteiger partial charge >= 0.3 is 0 Å². The van der Waals surface area contributed by atoms with E-state index in [4.69, 9.17) is 20.9 Å². The summed E-state index contributed by atoms with van der Waals surface area (Å²) in [5.41, 5.74) is 1.52. The fraction of sp³-hybridized carbons (Fsp3) is 0.211. The maximum absolute atomic E-state index is 13.4. The van der Waals surface area contributed by atoms with Crippen molar-refractivity contribution in [2.75, 3.05) is 0 Å². The first kappa shape index (κ1) is 16.3. The molecule has 1 aromatic heterocycles. The number of nitrogens with one attached hydrogen (secondary N) is 1. The smallest absolute Gasteiger partial charge is 0.246 e. The molecule has 27 heavy (non-hydrogen) atoms. The molecule has 0 saturated heterocycles. The minimum atomic E-state index is -0.329. The number of ether oxygens (including phenoxy) is 1. The fourth-order valence-electron chi connectivity index (χ4n) is 3.47. The molecule has 1 fully saturated rings. The van der Waals surface area contributed by atoms with Crippen LogP contribution in [-0.4, -0.2) is 22.2 Å². The molecule has 0 spiro atoms. The molecule has 8 heteroatoms. The molecular weight excluding hydrogens is 373 g/mol. The number of hydrogen-bond acceptors (Lipinski definition) is 5. The predicted octanol–water partition coefficient (Wildman–Crippen LogP) is 3.32. The molecule has 1 saturated carbocycles. The van der Waals surface area contributed by atoms with Crippen molar-refractivity contribution < 1.29 is 18.4 Å². The minimum Gasteiger partial charge on any atom is -0.489 e. The number of amides is 1. The summed E-state index contributed by atoms with van der Waals surface area (Å²) in [7, 11) is 0. The molecule has 1 aliphatic heterocycles. The van der Waals surface area contributed by atoms with Crippen LogP contribution in [0.3, 0.4) is 0 Å². The summed E-state index contributed by atoms with van der Waals surface area (Å²) in [6.07, 6.45) is -0.228. The Labute approximate surface area is 158 Å². The highest BCUT2D eigenvalue weighted by molar-refractivity contribution is 6.30. The van der Waals surface area contributed by atoms with Gasteiger partial charge in [0, 0.05) is 22.1 Å². The predicted molar refractivity (Wildman–Crippen MR) is 93.6 cm³/mol. The summed E-state index contributed by atoms with van der Waals surface area (Å²) in [6.45, 7) is 0.116. The number of carbonyl (C=O) groups excluding carboxylic acids is 1. The Hall–Kier alpha value is -2.93. The van der Waals surface area contributed by atoms with Crippen LogP contribution in [0.1, 0.15) is 17.4 Å². The first-order valence-corrected chi connectivity index (χ1v) is 8.80. The summed E-state index contributed by atoms with van der Waals surface area (Å²) in [6, 6.07) is 11.4. The van der Waals surface area contributed by atoms with Crippen LogP contribution in [0.4, 0.5) is 4.39 Å². The van der Waals surface area contributed by atoms with Crippen LogP contribution < -0.4 is 10.1 Å². The molecule has 1 aliphatic carbocycles. The van der Waals surface area contributed by atoms with Gasteiger partial charge in [-0.3, -0.25) is 4.79 Å². The third-order valence-electron chi connectivity index (χ3n) is 4.84. The number of aromatic nitrogens is 2. The lowest BCUT2D eigenvalue weighted by atomic mass is 10.1. The van der Waals surface area contributed by atoms with Crippen molar-refractivity contribution in [3.8, 4) is 17.1 Å².